The molecule has 0 unspecified atom stereocenters. The van der Waals surface area contributed by atoms with Crippen molar-refractivity contribution in [2.45, 2.75) is 52.5 Å². The van der Waals surface area contributed by atoms with Gasteiger partial charge in [-0.1, -0.05) is 26.7 Å². The molecule has 2 heterocycles. The SMILES string of the molecule is CNCc1sc(N2CCCCCC2)nc1CC(C)C. The predicted molar refractivity (Wildman–Crippen MR) is 84.1 cm³/mol. The maximum Gasteiger partial charge on any atom is 0.185 e. The van der Waals surface area contributed by atoms with Gasteiger partial charge in [0.1, 0.15) is 0 Å². The number of aromatic nitrogens is 1. The van der Waals surface area contributed by atoms with Crippen molar-refractivity contribution in [1.29, 1.82) is 0 Å². The van der Waals surface area contributed by atoms with Crippen molar-refractivity contribution in [2.75, 3.05) is 25.0 Å². The van der Waals surface area contributed by atoms with E-state index >= 15 is 0 Å². The summed E-state index contributed by atoms with van der Waals surface area (Å²) in [4.78, 5) is 8.87. The molecule has 1 aromatic heterocycles. The van der Waals surface area contributed by atoms with Crippen LogP contribution in [0, 0.1) is 5.92 Å². The highest BCUT2D eigenvalue weighted by atomic mass is 32.1. The summed E-state index contributed by atoms with van der Waals surface area (Å²) in [5.41, 5.74) is 1.31. The van der Waals surface area contributed by atoms with Crippen LogP contribution in [0.2, 0.25) is 0 Å². The van der Waals surface area contributed by atoms with E-state index < -0.39 is 0 Å². The van der Waals surface area contributed by atoms with Crippen LogP contribution in [0.4, 0.5) is 5.13 Å². The summed E-state index contributed by atoms with van der Waals surface area (Å²) >= 11 is 1.89. The number of rotatable bonds is 5. The molecule has 0 atom stereocenters. The van der Waals surface area contributed by atoms with E-state index in [1.165, 1.54) is 54.5 Å². The number of hydrogen-bond acceptors (Lipinski definition) is 4. The molecule has 0 amide bonds. The lowest BCUT2D eigenvalue weighted by Gasteiger charge is -2.18. The maximum atomic E-state index is 4.94. The molecule has 0 bridgehead atoms. The van der Waals surface area contributed by atoms with E-state index in [0.717, 1.165) is 13.0 Å². The van der Waals surface area contributed by atoms with Crippen LogP contribution in [0.3, 0.4) is 0 Å². The van der Waals surface area contributed by atoms with Gasteiger partial charge in [0.15, 0.2) is 5.13 Å². The molecule has 0 saturated carbocycles. The molecule has 1 aliphatic heterocycles. The minimum atomic E-state index is 0.676. The molecule has 2 rings (SSSR count). The van der Waals surface area contributed by atoms with E-state index in [9.17, 15) is 0 Å². The van der Waals surface area contributed by atoms with E-state index in [1.807, 2.05) is 18.4 Å². The Bertz CT molecular complexity index is 379. The molecule has 0 aromatic carbocycles. The second-order valence-electron chi connectivity index (χ2n) is 5.90. The minimum absolute atomic E-state index is 0.676. The molecule has 1 aliphatic rings. The maximum absolute atomic E-state index is 4.94. The highest BCUT2D eigenvalue weighted by Crippen LogP contribution is 2.29. The molecule has 1 fully saturated rings. The molecule has 4 heteroatoms. The molecule has 0 spiro atoms. The first-order valence-corrected chi connectivity index (χ1v) is 8.40. The Balaban J connectivity index is 2.15. The lowest BCUT2D eigenvalue weighted by molar-refractivity contribution is 0.629. The van der Waals surface area contributed by atoms with Gasteiger partial charge in [-0.2, -0.15) is 0 Å². The van der Waals surface area contributed by atoms with E-state index in [4.69, 9.17) is 4.98 Å². The number of hydrogen-bond donors (Lipinski definition) is 1. The Hall–Kier alpha value is -0.610. The zero-order valence-electron chi connectivity index (χ0n) is 12.5. The molecule has 108 valence electrons. The van der Waals surface area contributed by atoms with Crippen molar-refractivity contribution in [1.82, 2.24) is 10.3 Å². The Morgan fingerprint density at radius 2 is 1.89 bits per heavy atom. The van der Waals surface area contributed by atoms with Crippen LogP contribution in [0.1, 0.15) is 50.1 Å². The quantitative estimate of drug-likeness (QED) is 0.896. The average Bonchev–Trinajstić information content (AvgIpc) is 2.61. The summed E-state index contributed by atoms with van der Waals surface area (Å²) < 4.78 is 0. The normalized spacial score (nSPS) is 16.9. The molecule has 0 aliphatic carbocycles. The van der Waals surface area contributed by atoms with E-state index in [-0.39, 0.29) is 0 Å². The topological polar surface area (TPSA) is 28.2 Å². The van der Waals surface area contributed by atoms with Gasteiger partial charge in [-0.3, -0.25) is 0 Å². The fourth-order valence-electron chi connectivity index (χ4n) is 2.61. The van der Waals surface area contributed by atoms with Crippen LogP contribution >= 0.6 is 11.3 Å². The van der Waals surface area contributed by atoms with Crippen molar-refractivity contribution in [3.05, 3.63) is 10.6 Å². The molecule has 3 nitrogen and oxygen atoms in total. The molecule has 1 saturated heterocycles. The third kappa shape index (κ3) is 4.18. The van der Waals surface area contributed by atoms with E-state index in [0.29, 0.717) is 5.92 Å². The molecule has 19 heavy (non-hydrogen) atoms. The third-order valence-corrected chi connectivity index (χ3v) is 4.74. The van der Waals surface area contributed by atoms with E-state index in [2.05, 4.69) is 24.1 Å². The lowest BCUT2D eigenvalue weighted by Crippen LogP contribution is -2.23. The first kappa shape index (κ1) is 14.8. The third-order valence-electron chi connectivity index (χ3n) is 3.58. The van der Waals surface area contributed by atoms with Crippen molar-refractivity contribution < 1.29 is 0 Å². The fourth-order valence-corrected chi connectivity index (χ4v) is 3.76. The predicted octanol–water partition coefficient (Wildman–Crippen LogP) is 3.44. The first-order valence-electron chi connectivity index (χ1n) is 7.59. The summed E-state index contributed by atoms with van der Waals surface area (Å²) in [6, 6.07) is 0. The molecule has 1 N–H and O–H groups in total. The summed E-state index contributed by atoms with van der Waals surface area (Å²) in [5, 5.41) is 4.53. The Morgan fingerprint density at radius 1 is 1.21 bits per heavy atom. The number of thiazole rings is 1. The van der Waals surface area contributed by atoms with Crippen LogP contribution in [0.5, 0.6) is 0 Å². The average molecular weight is 281 g/mol. The minimum Gasteiger partial charge on any atom is -0.348 e. The van der Waals surface area contributed by atoms with Crippen LogP contribution in [-0.2, 0) is 13.0 Å². The summed E-state index contributed by atoms with van der Waals surface area (Å²) in [5.74, 6) is 0.676. The Morgan fingerprint density at radius 3 is 2.47 bits per heavy atom. The van der Waals surface area contributed by atoms with Gasteiger partial charge in [0.05, 0.1) is 5.69 Å². The van der Waals surface area contributed by atoms with Crippen LogP contribution in [0.15, 0.2) is 0 Å². The molecular weight excluding hydrogens is 254 g/mol. The Kier molecular flexibility index (Phi) is 5.64. The van der Waals surface area contributed by atoms with Crippen molar-refractivity contribution in [3.8, 4) is 0 Å². The largest absolute Gasteiger partial charge is 0.348 e. The number of anilines is 1. The number of nitrogens with one attached hydrogen (secondary N) is 1. The fraction of sp³-hybridized carbons (Fsp3) is 0.800. The van der Waals surface area contributed by atoms with Gasteiger partial charge in [-0.15, -0.1) is 11.3 Å². The van der Waals surface area contributed by atoms with Gasteiger partial charge in [0.25, 0.3) is 0 Å². The summed E-state index contributed by atoms with van der Waals surface area (Å²) in [7, 11) is 2.02. The Labute approximate surface area is 121 Å². The second-order valence-corrected chi connectivity index (χ2v) is 6.96. The van der Waals surface area contributed by atoms with Gasteiger partial charge >= 0.3 is 0 Å². The van der Waals surface area contributed by atoms with Crippen molar-refractivity contribution in [2.24, 2.45) is 5.92 Å². The standard InChI is InChI=1S/C15H27N3S/c1-12(2)10-13-14(11-16-3)19-15(17-13)18-8-6-4-5-7-9-18/h12,16H,4-11H2,1-3H3. The summed E-state index contributed by atoms with van der Waals surface area (Å²) in [6.45, 7) is 7.87. The molecular formula is C15H27N3S. The van der Waals surface area contributed by atoms with Gasteiger partial charge in [-0.05, 0) is 32.2 Å². The van der Waals surface area contributed by atoms with Crippen LogP contribution in [0.25, 0.3) is 0 Å². The smallest absolute Gasteiger partial charge is 0.185 e. The van der Waals surface area contributed by atoms with Gasteiger partial charge in [-0.25, -0.2) is 4.98 Å². The first-order chi connectivity index (χ1) is 9.20. The monoisotopic (exact) mass is 281 g/mol. The van der Waals surface area contributed by atoms with Crippen molar-refractivity contribution >= 4 is 16.5 Å². The molecule has 1 aromatic rings. The summed E-state index contributed by atoms with van der Waals surface area (Å²) in [6.07, 6.45) is 6.50. The van der Waals surface area contributed by atoms with Crippen LogP contribution < -0.4 is 10.2 Å². The van der Waals surface area contributed by atoms with Crippen LogP contribution in [-0.4, -0.2) is 25.1 Å². The second kappa shape index (κ2) is 7.25. The zero-order valence-corrected chi connectivity index (χ0v) is 13.4. The zero-order chi connectivity index (χ0) is 13.7. The number of nitrogens with zero attached hydrogens (tertiary/aromatic N) is 2. The van der Waals surface area contributed by atoms with Gasteiger partial charge in [0, 0.05) is 24.5 Å². The lowest BCUT2D eigenvalue weighted by atomic mass is 10.1. The van der Waals surface area contributed by atoms with Gasteiger partial charge in [0.2, 0.25) is 0 Å². The highest BCUT2D eigenvalue weighted by molar-refractivity contribution is 7.15. The van der Waals surface area contributed by atoms with Crippen molar-refractivity contribution in [3.63, 3.8) is 0 Å². The molecule has 0 radical (unpaired) electrons. The highest BCUT2D eigenvalue weighted by Gasteiger charge is 2.17. The van der Waals surface area contributed by atoms with Gasteiger partial charge < -0.3 is 10.2 Å². The van der Waals surface area contributed by atoms with E-state index in [1.54, 1.807) is 0 Å².